The van der Waals surface area contributed by atoms with Gasteiger partial charge in [0.05, 0.1) is 6.61 Å². The lowest BCUT2D eigenvalue weighted by Crippen LogP contribution is -2.47. The molecule has 20 heavy (non-hydrogen) atoms. The van der Waals surface area contributed by atoms with E-state index in [2.05, 4.69) is 9.80 Å². The molecule has 1 aromatic carbocycles. The van der Waals surface area contributed by atoms with Crippen LogP contribution < -0.4 is 0 Å². The van der Waals surface area contributed by atoms with E-state index >= 15 is 0 Å². The van der Waals surface area contributed by atoms with Crippen molar-refractivity contribution in [2.45, 2.75) is 13.0 Å². The Balaban J connectivity index is 1.43. The third kappa shape index (κ3) is 3.78. The standard InChI is InChI=1S/C16H23FN2O/c17-16-3-1-2-14(10-16)11-18-5-7-19(8-6-18)12-15-4-9-20-13-15/h1-3,10,15H,4-9,11-13H2/t15-/m0/s1. The highest BCUT2D eigenvalue weighted by Gasteiger charge is 2.22. The Morgan fingerprint density at radius 1 is 1.15 bits per heavy atom. The summed E-state index contributed by atoms with van der Waals surface area (Å²) >= 11 is 0. The Morgan fingerprint density at radius 2 is 1.95 bits per heavy atom. The Kier molecular flexibility index (Phi) is 4.65. The van der Waals surface area contributed by atoms with Gasteiger partial charge >= 0.3 is 0 Å². The van der Waals surface area contributed by atoms with Crippen LogP contribution in [0.4, 0.5) is 4.39 Å². The van der Waals surface area contributed by atoms with Gasteiger partial charge in [-0.3, -0.25) is 4.90 Å². The van der Waals surface area contributed by atoms with E-state index in [9.17, 15) is 4.39 Å². The van der Waals surface area contributed by atoms with Crippen LogP contribution in [0.5, 0.6) is 0 Å². The van der Waals surface area contributed by atoms with Gasteiger partial charge in [0.25, 0.3) is 0 Å². The first-order chi connectivity index (χ1) is 9.79. The van der Waals surface area contributed by atoms with Crippen LogP contribution in [0.2, 0.25) is 0 Å². The van der Waals surface area contributed by atoms with Crippen LogP contribution in [-0.4, -0.2) is 55.7 Å². The molecule has 1 atom stereocenters. The van der Waals surface area contributed by atoms with Crippen molar-refractivity contribution >= 4 is 0 Å². The molecule has 0 radical (unpaired) electrons. The van der Waals surface area contributed by atoms with Crippen LogP contribution in [0.1, 0.15) is 12.0 Å². The highest BCUT2D eigenvalue weighted by Crippen LogP contribution is 2.16. The lowest BCUT2D eigenvalue weighted by molar-refractivity contribution is 0.107. The molecule has 2 aliphatic heterocycles. The zero-order valence-electron chi connectivity index (χ0n) is 11.9. The fraction of sp³-hybridized carbons (Fsp3) is 0.625. The number of halogens is 1. The van der Waals surface area contributed by atoms with E-state index in [0.29, 0.717) is 0 Å². The summed E-state index contributed by atoms with van der Waals surface area (Å²) in [6.45, 7) is 8.28. The fourth-order valence-corrected chi connectivity index (χ4v) is 3.12. The predicted octanol–water partition coefficient (Wildman–Crippen LogP) is 1.98. The van der Waals surface area contributed by atoms with Crippen molar-refractivity contribution in [3.63, 3.8) is 0 Å². The quantitative estimate of drug-likeness (QED) is 0.837. The molecule has 2 saturated heterocycles. The molecule has 2 fully saturated rings. The Morgan fingerprint density at radius 3 is 2.65 bits per heavy atom. The Hall–Kier alpha value is -0.970. The summed E-state index contributed by atoms with van der Waals surface area (Å²) in [5, 5.41) is 0. The van der Waals surface area contributed by atoms with Crippen molar-refractivity contribution in [1.29, 1.82) is 0 Å². The number of hydrogen-bond acceptors (Lipinski definition) is 3. The second-order valence-electron chi connectivity index (χ2n) is 5.94. The van der Waals surface area contributed by atoms with Gasteiger partial charge in [0.1, 0.15) is 5.82 Å². The van der Waals surface area contributed by atoms with Crippen molar-refractivity contribution in [2.75, 3.05) is 45.9 Å². The summed E-state index contributed by atoms with van der Waals surface area (Å²) in [7, 11) is 0. The van der Waals surface area contributed by atoms with Gasteiger partial charge in [0.15, 0.2) is 0 Å². The second kappa shape index (κ2) is 6.66. The maximum atomic E-state index is 13.2. The first kappa shape index (κ1) is 14.0. The molecule has 0 aromatic heterocycles. The van der Waals surface area contributed by atoms with Crippen LogP contribution >= 0.6 is 0 Å². The fourth-order valence-electron chi connectivity index (χ4n) is 3.12. The van der Waals surface area contributed by atoms with E-state index in [-0.39, 0.29) is 5.82 Å². The highest BCUT2D eigenvalue weighted by molar-refractivity contribution is 5.16. The maximum Gasteiger partial charge on any atom is 0.123 e. The summed E-state index contributed by atoms with van der Waals surface area (Å²) in [5.41, 5.74) is 1.07. The summed E-state index contributed by atoms with van der Waals surface area (Å²) in [6, 6.07) is 6.94. The number of rotatable bonds is 4. The molecular weight excluding hydrogens is 255 g/mol. The molecule has 0 bridgehead atoms. The largest absolute Gasteiger partial charge is 0.381 e. The van der Waals surface area contributed by atoms with Crippen LogP contribution in [-0.2, 0) is 11.3 Å². The lowest BCUT2D eigenvalue weighted by Gasteiger charge is -2.35. The Labute approximate surface area is 120 Å². The summed E-state index contributed by atoms with van der Waals surface area (Å²) in [4.78, 5) is 4.96. The van der Waals surface area contributed by atoms with Crippen molar-refractivity contribution in [3.8, 4) is 0 Å². The third-order valence-electron chi connectivity index (χ3n) is 4.30. The number of ether oxygens (including phenoxy) is 1. The first-order valence-corrected chi connectivity index (χ1v) is 7.56. The summed E-state index contributed by atoms with van der Waals surface area (Å²) in [6.07, 6.45) is 1.21. The molecule has 3 rings (SSSR count). The average Bonchev–Trinajstić information content (AvgIpc) is 2.94. The van der Waals surface area contributed by atoms with E-state index in [1.54, 1.807) is 12.1 Å². The van der Waals surface area contributed by atoms with Crippen LogP contribution in [0.15, 0.2) is 24.3 Å². The lowest BCUT2D eigenvalue weighted by atomic mass is 10.1. The van der Waals surface area contributed by atoms with Gasteiger partial charge in [-0.05, 0) is 30.0 Å². The summed E-state index contributed by atoms with van der Waals surface area (Å²) in [5.74, 6) is 0.590. The van der Waals surface area contributed by atoms with Crippen LogP contribution in [0, 0.1) is 11.7 Å². The number of hydrogen-bond donors (Lipinski definition) is 0. The van der Waals surface area contributed by atoms with Gasteiger partial charge in [-0.15, -0.1) is 0 Å². The molecule has 0 N–H and O–H groups in total. The maximum absolute atomic E-state index is 13.2. The minimum Gasteiger partial charge on any atom is -0.381 e. The van der Waals surface area contributed by atoms with E-state index in [0.717, 1.165) is 57.4 Å². The van der Waals surface area contributed by atoms with Gasteiger partial charge in [-0.2, -0.15) is 0 Å². The van der Waals surface area contributed by atoms with Gasteiger partial charge in [0.2, 0.25) is 0 Å². The predicted molar refractivity (Wildman–Crippen MR) is 77.0 cm³/mol. The number of benzene rings is 1. The molecular formula is C16H23FN2O. The van der Waals surface area contributed by atoms with Gasteiger partial charge < -0.3 is 9.64 Å². The second-order valence-corrected chi connectivity index (χ2v) is 5.94. The SMILES string of the molecule is Fc1cccc(CN2CCN(C[C@@H]3CCOC3)CC2)c1. The molecule has 3 nitrogen and oxygen atoms in total. The van der Waals surface area contributed by atoms with E-state index < -0.39 is 0 Å². The van der Waals surface area contributed by atoms with E-state index in [1.807, 2.05) is 6.07 Å². The molecule has 110 valence electrons. The van der Waals surface area contributed by atoms with Crippen LogP contribution in [0.3, 0.4) is 0 Å². The van der Waals surface area contributed by atoms with Crippen molar-refractivity contribution in [2.24, 2.45) is 5.92 Å². The smallest absolute Gasteiger partial charge is 0.123 e. The molecule has 0 spiro atoms. The average molecular weight is 278 g/mol. The van der Waals surface area contributed by atoms with Gasteiger partial charge in [-0.1, -0.05) is 12.1 Å². The first-order valence-electron chi connectivity index (χ1n) is 7.56. The molecule has 0 unspecified atom stereocenters. The monoisotopic (exact) mass is 278 g/mol. The van der Waals surface area contributed by atoms with E-state index in [4.69, 9.17) is 4.74 Å². The number of piperazine rings is 1. The molecule has 0 saturated carbocycles. The third-order valence-corrected chi connectivity index (χ3v) is 4.30. The number of nitrogens with zero attached hydrogens (tertiary/aromatic N) is 2. The van der Waals surface area contributed by atoms with Crippen molar-refractivity contribution < 1.29 is 9.13 Å². The van der Waals surface area contributed by atoms with Gasteiger partial charge in [-0.25, -0.2) is 4.39 Å². The minimum atomic E-state index is -0.137. The Bertz CT molecular complexity index is 426. The van der Waals surface area contributed by atoms with Crippen molar-refractivity contribution in [1.82, 2.24) is 9.80 Å². The molecule has 0 aliphatic carbocycles. The van der Waals surface area contributed by atoms with Crippen molar-refractivity contribution in [3.05, 3.63) is 35.6 Å². The molecule has 4 heteroatoms. The normalized spacial score (nSPS) is 25.1. The minimum absolute atomic E-state index is 0.137. The molecule has 1 aromatic rings. The molecule has 0 amide bonds. The molecule has 2 aliphatic rings. The van der Waals surface area contributed by atoms with Crippen LogP contribution in [0.25, 0.3) is 0 Å². The topological polar surface area (TPSA) is 15.7 Å². The molecule has 2 heterocycles. The highest BCUT2D eigenvalue weighted by atomic mass is 19.1. The zero-order valence-corrected chi connectivity index (χ0v) is 11.9. The summed E-state index contributed by atoms with van der Waals surface area (Å²) < 4.78 is 18.6. The zero-order chi connectivity index (χ0) is 13.8. The van der Waals surface area contributed by atoms with Gasteiger partial charge in [0, 0.05) is 45.9 Å². The van der Waals surface area contributed by atoms with E-state index in [1.165, 1.54) is 19.0 Å².